The number of aromatic nitrogens is 1. The van der Waals surface area contributed by atoms with E-state index in [2.05, 4.69) is 47.4 Å². The Bertz CT molecular complexity index is 351. The van der Waals surface area contributed by atoms with Gasteiger partial charge in [-0.05, 0) is 37.4 Å². The highest BCUT2D eigenvalue weighted by Gasteiger charge is 2.02. The molecule has 0 amide bonds. The molecule has 0 fully saturated rings. The quantitative estimate of drug-likeness (QED) is 0.630. The Morgan fingerprint density at radius 1 is 1.08 bits per heavy atom. The molecule has 2 aromatic heterocycles. The Balaban J connectivity index is 2.60. The fourth-order valence-corrected chi connectivity index (χ4v) is 2.08. The molecule has 2 aromatic rings. The van der Waals surface area contributed by atoms with E-state index in [-0.39, 0.29) is 0 Å². The van der Waals surface area contributed by atoms with Crippen LogP contribution in [0.2, 0.25) is 0 Å². The molecular formula is C10H11NS. The predicted molar refractivity (Wildman–Crippen MR) is 53.1 cm³/mol. The van der Waals surface area contributed by atoms with Crippen molar-refractivity contribution in [3.8, 4) is 5.69 Å². The Morgan fingerprint density at radius 2 is 1.75 bits per heavy atom. The van der Waals surface area contributed by atoms with E-state index in [0.29, 0.717) is 0 Å². The van der Waals surface area contributed by atoms with Crippen LogP contribution in [0.15, 0.2) is 29.0 Å². The Kier molecular flexibility index (Phi) is 1.77. The van der Waals surface area contributed by atoms with Crippen LogP contribution in [0.4, 0.5) is 0 Å². The summed E-state index contributed by atoms with van der Waals surface area (Å²) in [5.74, 6) is 0. The van der Waals surface area contributed by atoms with E-state index in [1.54, 1.807) is 11.3 Å². The number of rotatable bonds is 1. The zero-order chi connectivity index (χ0) is 8.55. The number of aryl methyl sites for hydroxylation is 2. The van der Waals surface area contributed by atoms with Gasteiger partial charge in [-0.2, -0.15) is 11.3 Å². The summed E-state index contributed by atoms with van der Waals surface area (Å²) in [4.78, 5) is 0. The van der Waals surface area contributed by atoms with Crippen LogP contribution in [-0.4, -0.2) is 4.57 Å². The number of nitrogens with zero attached hydrogens (tertiary/aromatic N) is 1. The molecule has 0 radical (unpaired) electrons. The summed E-state index contributed by atoms with van der Waals surface area (Å²) in [6, 6.07) is 6.44. The first-order valence-corrected chi connectivity index (χ1v) is 4.91. The minimum atomic E-state index is 1.28. The molecule has 2 heterocycles. The lowest BCUT2D eigenvalue weighted by Crippen LogP contribution is -1.95. The normalized spacial score (nSPS) is 10.5. The zero-order valence-corrected chi connectivity index (χ0v) is 8.06. The molecule has 2 rings (SSSR count). The van der Waals surface area contributed by atoms with E-state index >= 15 is 0 Å². The second-order valence-electron chi connectivity index (χ2n) is 2.93. The summed E-state index contributed by atoms with van der Waals surface area (Å²) in [6.07, 6.45) is 0. The molecule has 0 bridgehead atoms. The van der Waals surface area contributed by atoms with Crippen molar-refractivity contribution in [2.45, 2.75) is 13.8 Å². The first kappa shape index (κ1) is 7.62. The van der Waals surface area contributed by atoms with Gasteiger partial charge in [0.05, 0.1) is 5.69 Å². The van der Waals surface area contributed by atoms with Gasteiger partial charge in [0, 0.05) is 16.8 Å². The van der Waals surface area contributed by atoms with E-state index in [0.717, 1.165) is 0 Å². The van der Waals surface area contributed by atoms with Gasteiger partial charge in [0.25, 0.3) is 0 Å². The van der Waals surface area contributed by atoms with Crippen LogP contribution in [0.1, 0.15) is 11.4 Å². The number of hydrogen-bond acceptors (Lipinski definition) is 1. The molecule has 12 heavy (non-hydrogen) atoms. The first-order chi connectivity index (χ1) is 5.79. The van der Waals surface area contributed by atoms with Gasteiger partial charge in [-0.3, -0.25) is 0 Å². The first-order valence-electron chi connectivity index (χ1n) is 3.96. The lowest BCUT2D eigenvalue weighted by atomic mass is 10.4. The summed E-state index contributed by atoms with van der Waals surface area (Å²) < 4.78 is 2.26. The summed E-state index contributed by atoms with van der Waals surface area (Å²) in [7, 11) is 0. The lowest BCUT2D eigenvalue weighted by molar-refractivity contribution is 0.971. The SMILES string of the molecule is Cc1ccc(C)n1-c1ccsc1. The van der Waals surface area contributed by atoms with Crippen molar-refractivity contribution in [3.05, 3.63) is 40.3 Å². The number of thiophene rings is 1. The fourth-order valence-electron chi connectivity index (χ4n) is 1.46. The average Bonchev–Trinajstić information content (AvgIpc) is 2.61. The van der Waals surface area contributed by atoms with Gasteiger partial charge in [0.15, 0.2) is 0 Å². The van der Waals surface area contributed by atoms with Crippen molar-refractivity contribution in [2.24, 2.45) is 0 Å². The van der Waals surface area contributed by atoms with Gasteiger partial charge in [-0.1, -0.05) is 0 Å². The Labute approximate surface area is 76.3 Å². The van der Waals surface area contributed by atoms with E-state index in [1.807, 2.05) is 0 Å². The maximum absolute atomic E-state index is 2.26. The zero-order valence-electron chi connectivity index (χ0n) is 7.24. The molecule has 62 valence electrons. The van der Waals surface area contributed by atoms with Gasteiger partial charge in [0.2, 0.25) is 0 Å². The van der Waals surface area contributed by atoms with E-state index in [1.165, 1.54) is 17.1 Å². The topological polar surface area (TPSA) is 4.93 Å². The van der Waals surface area contributed by atoms with Gasteiger partial charge >= 0.3 is 0 Å². The summed E-state index contributed by atoms with van der Waals surface area (Å²) in [5, 5.41) is 4.27. The molecule has 0 aliphatic heterocycles. The highest BCUT2D eigenvalue weighted by molar-refractivity contribution is 7.08. The van der Waals surface area contributed by atoms with Crippen LogP contribution >= 0.6 is 11.3 Å². The monoisotopic (exact) mass is 177 g/mol. The average molecular weight is 177 g/mol. The minimum Gasteiger partial charge on any atom is -0.318 e. The van der Waals surface area contributed by atoms with Crippen molar-refractivity contribution < 1.29 is 0 Å². The second-order valence-corrected chi connectivity index (χ2v) is 3.71. The largest absolute Gasteiger partial charge is 0.318 e. The highest BCUT2D eigenvalue weighted by Crippen LogP contribution is 2.18. The fraction of sp³-hybridized carbons (Fsp3) is 0.200. The molecule has 0 atom stereocenters. The van der Waals surface area contributed by atoms with E-state index in [9.17, 15) is 0 Å². The number of hydrogen-bond donors (Lipinski definition) is 0. The molecule has 0 saturated carbocycles. The van der Waals surface area contributed by atoms with E-state index < -0.39 is 0 Å². The predicted octanol–water partition coefficient (Wildman–Crippen LogP) is 3.16. The molecule has 0 unspecified atom stereocenters. The summed E-state index contributed by atoms with van der Waals surface area (Å²) in [5.41, 5.74) is 3.87. The minimum absolute atomic E-state index is 1.28. The van der Waals surface area contributed by atoms with Crippen molar-refractivity contribution >= 4 is 11.3 Å². The molecule has 0 N–H and O–H groups in total. The van der Waals surface area contributed by atoms with Gasteiger partial charge in [-0.25, -0.2) is 0 Å². The molecule has 0 aliphatic carbocycles. The van der Waals surface area contributed by atoms with E-state index in [4.69, 9.17) is 0 Å². The maximum Gasteiger partial charge on any atom is 0.0561 e. The van der Waals surface area contributed by atoms with Crippen LogP contribution < -0.4 is 0 Å². The third-order valence-corrected chi connectivity index (χ3v) is 2.71. The van der Waals surface area contributed by atoms with Gasteiger partial charge < -0.3 is 4.57 Å². The summed E-state index contributed by atoms with van der Waals surface area (Å²) >= 11 is 1.73. The van der Waals surface area contributed by atoms with Crippen molar-refractivity contribution in [2.75, 3.05) is 0 Å². The van der Waals surface area contributed by atoms with Gasteiger partial charge in [-0.15, -0.1) is 0 Å². The lowest BCUT2D eigenvalue weighted by Gasteiger charge is -2.05. The molecule has 0 spiro atoms. The second kappa shape index (κ2) is 2.79. The third-order valence-electron chi connectivity index (χ3n) is 2.04. The van der Waals surface area contributed by atoms with Crippen LogP contribution in [0.3, 0.4) is 0 Å². The standard InChI is InChI=1S/C10H11NS/c1-8-3-4-9(2)11(8)10-5-6-12-7-10/h3-7H,1-2H3. The van der Waals surface area contributed by atoms with Crippen molar-refractivity contribution in [1.82, 2.24) is 4.57 Å². The molecule has 0 saturated heterocycles. The maximum atomic E-state index is 2.26. The van der Waals surface area contributed by atoms with Crippen LogP contribution in [0.5, 0.6) is 0 Å². The van der Waals surface area contributed by atoms with Crippen molar-refractivity contribution in [1.29, 1.82) is 0 Å². The Morgan fingerprint density at radius 3 is 2.25 bits per heavy atom. The van der Waals surface area contributed by atoms with Crippen LogP contribution in [0, 0.1) is 13.8 Å². The molecule has 2 heteroatoms. The van der Waals surface area contributed by atoms with Crippen LogP contribution in [0.25, 0.3) is 5.69 Å². The van der Waals surface area contributed by atoms with Crippen LogP contribution in [-0.2, 0) is 0 Å². The molecule has 0 aliphatic rings. The molecular weight excluding hydrogens is 166 g/mol. The molecule has 1 nitrogen and oxygen atoms in total. The van der Waals surface area contributed by atoms with Crippen molar-refractivity contribution in [3.63, 3.8) is 0 Å². The molecule has 0 aromatic carbocycles. The third kappa shape index (κ3) is 1.08. The summed E-state index contributed by atoms with van der Waals surface area (Å²) in [6.45, 7) is 4.26. The van der Waals surface area contributed by atoms with Gasteiger partial charge in [0.1, 0.15) is 0 Å². The Hall–Kier alpha value is -1.02. The smallest absolute Gasteiger partial charge is 0.0561 e. The highest BCUT2D eigenvalue weighted by atomic mass is 32.1.